The lowest BCUT2D eigenvalue weighted by Gasteiger charge is -2.39. The van der Waals surface area contributed by atoms with Crippen molar-refractivity contribution in [3.8, 4) is 11.5 Å². The molecule has 2 aliphatic heterocycles. The molecule has 4 rings (SSSR count). The summed E-state index contributed by atoms with van der Waals surface area (Å²) in [5.74, 6) is 2.02. The van der Waals surface area contributed by atoms with Gasteiger partial charge in [-0.3, -0.25) is 0 Å². The van der Waals surface area contributed by atoms with Gasteiger partial charge in [-0.1, -0.05) is 6.07 Å². The molecule has 2 bridgehead atoms. The van der Waals surface area contributed by atoms with Crippen LogP contribution in [0.4, 0.5) is 19.0 Å². The maximum atomic E-state index is 12.9. The van der Waals surface area contributed by atoms with E-state index in [9.17, 15) is 13.2 Å². The lowest BCUT2D eigenvalue weighted by molar-refractivity contribution is -0.137. The number of alkyl halides is 3. The standard InChI is InChI=1S/C24H27F3N2O2/c1-15(2)14-30-22-10-16(3)4-8-21(22)31-20-11-18-6-7-19(12-20)29(18)23-9-5-17(13-28-23)24(25,26)27/h4-5,8-10,13-14,18-20H,6-7,11-12H2,1-3H3/t18-,19+,20?. The molecular weight excluding hydrogens is 405 g/mol. The van der Waals surface area contributed by atoms with Crippen molar-refractivity contribution in [2.45, 2.75) is 70.8 Å². The molecule has 0 saturated carbocycles. The third-order valence-corrected chi connectivity index (χ3v) is 5.84. The highest BCUT2D eigenvalue weighted by atomic mass is 19.4. The van der Waals surface area contributed by atoms with Crippen molar-refractivity contribution in [1.29, 1.82) is 0 Å². The van der Waals surface area contributed by atoms with Gasteiger partial charge < -0.3 is 14.4 Å². The van der Waals surface area contributed by atoms with Crippen LogP contribution in [0, 0.1) is 6.92 Å². The highest BCUT2D eigenvalue weighted by Crippen LogP contribution is 2.41. The zero-order valence-corrected chi connectivity index (χ0v) is 17.9. The Labute approximate surface area is 180 Å². The number of ether oxygens (including phenoxy) is 2. The minimum Gasteiger partial charge on any atom is -0.486 e. The molecule has 1 aromatic carbocycles. The summed E-state index contributed by atoms with van der Waals surface area (Å²) in [5.41, 5.74) is 1.43. The Morgan fingerprint density at radius 2 is 1.77 bits per heavy atom. The van der Waals surface area contributed by atoms with Gasteiger partial charge >= 0.3 is 6.18 Å². The number of pyridine rings is 1. The van der Waals surface area contributed by atoms with Crippen LogP contribution in [0.3, 0.4) is 0 Å². The summed E-state index contributed by atoms with van der Waals surface area (Å²) in [6.07, 6.45) is 1.88. The molecule has 0 aliphatic carbocycles. The van der Waals surface area contributed by atoms with Crippen molar-refractivity contribution in [2.75, 3.05) is 4.90 Å². The molecular formula is C24H27F3N2O2. The van der Waals surface area contributed by atoms with Gasteiger partial charge in [0.05, 0.1) is 11.8 Å². The van der Waals surface area contributed by atoms with Crippen molar-refractivity contribution >= 4 is 5.82 Å². The first-order chi connectivity index (χ1) is 14.7. The van der Waals surface area contributed by atoms with E-state index in [0.29, 0.717) is 17.3 Å². The van der Waals surface area contributed by atoms with E-state index < -0.39 is 11.7 Å². The van der Waals surface area contributed by atoms with E-state index in [1.807, 2.05) is 39.0 Å². The quantitative estimate of drug-likeness (QED) is 0.520. The van der Waals surface area contributed by atoms with Gasteiger partial charge in [-0.25, -0.2) is 4.98 Å². The predicted octanol–water partition coefficient (Wildman–Crippen LogP) is 6.29. The van der Waals surface area contributed by atoms with Gasteiger partial charge in [0.2, 0.25) is 0 Å². The summed E-state index contributed by atoms with van der Waals surface area (Å²) in [4.78, 5) is 6.30. The maximum Gasteiger partial charge on any atom is 0.417 e. The van der Waals surface area contributed by atoms with Crippen LogP contribution in [0.2, 0.25) is 0 Å². The number of aromatic nitrogens is 1. The monoisotopic (exact) mass is 432 g/mol. The number of halogens is 3. The van der Waals surface area contributed by atoms with Crippen molar-refractivity contribution in [3.05, 3.63) is 59.5 Å². The van der Waals surface area contributed by atoms with Gasteiger partial charge in [0, 0.05) is 31.1 Å². The number of anilines is 1. The normalized spacial score (nSPS) is 22.9. The molecule has 2 aliphatic rings. The van der Waals surface area contributed by atoms with Crippen molar-refractivity contribution in [1.82, 2.24) is 4.98 Å². The van der Waals surface area contributed by atoms with Gasteiger partial charge in [-0.15, -0.1) is 0 Å². The van der Waals surface area contributed by atoms with Crippen LogP contribution in [-0.2, 0) is 6.18 Å². The average molecular weight is 432 g/mol. The number of nitrogens with zero attached hydrogens (tertiary/aromatic N) is 2. The first kappa shape index (κ1) is 21.5. The Morgan fingerprint density at radius 3 is 2.35 bits per heavy atom. The van der Waals surface area contributed by atoms with Gasteiger partial charge in [0.1, 0.15) is 11.9 Å². The summed E-state index contributed by atoms with van der Waals surface area (Å²) in [7, 11) is 0. The third kappa shape index (κ3) is 4.81. The number of hydrogen-bond acceptors (Lipinski definition) is 4. The summed E-state index contributed by atoms with van der Waals surface area (Å²) >= 11 is 0. The minimum atomic E-state index is -4.37. The summed E-state index contributed by atoms with van der Waals surface area (Å²) < 4.78 is 50.7. The molecule has 166 valence electrons. The number of hydrogen-bond donors (Lipinski definition) is 0. The van der Waals surface area contributed by atoms with Crippen molar-refractivity contribution < 1.29 is 22.6 Å². The zero-order chi connectivity index (χ0) is 22.2. The number of fused-ring (bicyclic) bond motifs is 2. The van der Waals surface area contributed by atoms with E-state index >= 15 is 0 Å². The van der Waals surface area contributed by atoms with E-state index in [1.165, 1.54) is 6.07 Å². The van der Waals surface area contributed by atoms with E-state index in [-0.39, 0.29) is 18.2 Å². The Hall–Kier alpha value is -2.70. The fourth-order valence-corrected chi connectivity index (χ4v) is 4.47. The first-order valence-electron chi connectivity index (χ1n) is 10.6. The molecule has 2 fully saturated rings. The summed E-state index contributed by atoms with van der Waals surface area (Å²) in [6.45, 7) is 5.95. The molecule has 7 heteroatoms. The molecule has 2 saturated heterocycles. The molecule has 4 nitrogen and oxygen atoms in total. The molecule has 0 N–H and O–H groups in total. The first-order valence-corrected chi connectivity index (χ1v) is 10.6. The van der Waals surface area contributed by atoms with Crippen molar-refractivity contribution in [3.63, 3.8) is 0 Å². The Balaban J connectivity index is 1.47. The molecule has 0 amide bonds. The lowest BCUT2D eigenvalue weighted by Crippen LogP contribution is -2.46. The number of piperidine rings is 1. The number of rotatable bonds is 5. The van der Waals surface area contributed by atoms with E-state index in [1.54, 1.807) is 6.26 Å². The summed E-state index contributed by atoms with van der Waals surface area (Å²) in [5, 5.41) is 0. The molecule has 31 heavy (non-hydrogen) atoms. The molecule has 0 radical (unpaired) electrons. The van der Waals surface area contributed by atoms with E-state index in [4.69, 9.17) is 9.47 Å². The Bertz CT molecular complexity index is 938. The number of benzene rings is 1. The Morgan fingerprint density at radius 1 is 1.06 bits per heavy atom. The van der Waals surface area contributed by atoms with Gasteiger partial charge in [-0.2, -0.15) is 13.2 Å². The summed E-state index contributed by atoms with van der Waals surface area (Å²) in [6, 6.07) is 8.92. The third-order valence-electron chi connectivity index (χ3n) is 5.84. The number of allylic oxidation sites excluding steroid dienone is 1. The second-order valence-electron chi connectivity index (χ2n) is 8.67. The van der Waals surface area contributed by atoms with Crippen LogP contribution in [0.5, 0.6) is 11.5 Å². The topological polar surface area (TPSA) is 34.6 Å². The molecule has 2 aromatic rings. The average Bonchev–Trinajstić information content (AvgIpc) is 2.98. The largest absolute Gasteiger partial charge is 0.486 e. The second kappa shape index (κ2) is 8.44. The fourth-order valence-electron chi connectivity index (χ4n) is 4.47. The van der Waals surface area contributed by atoms with Crippen LogP contribution < -0.4 is 14.4 Å². The smallest absolute Gasteiger partial charge is 0.417 e. The van der Waals surface area contributed by atoms with Crippen LogP contribution in [0.25, 0.3) is 0 Å². The van der Waals surface area contributed by atoms with Gasteiger partial charge in [0.15, 0.2) is 11.5 Å². The van der Waals surface area contributed by atoms with Gasteiger partial charge in [0.25, 0.3) is 0 Å². The van der Waals surface area contributed by atoms with E-state index in [0.717, 1.165) is 49.1 Å². The maximum absolute atomic E-state index is 12.9. The molecule has 1 aromatic heterocycles. The fraction of sp³-hybridized carbons (Fsp3) is 0.458. The zero-order valence-electron chi connectivity index (χ0n) is 17.9. The van der Waals surface area contributed by atoms with Crippen LogP contribution in [0.15, 0.2) is 48.4 Å². The van der Waals surface area contributed by atoms with Crippen LogP contribution >= 0.6 is 0 Å². The van der Waals surface area contributed by atoms with Crippen LogP contribution in [0.1, 0.15) is 50.7 Å². The number of aryl methyl sites for hydroxylation is 1. The molecule has 1 unspecified atom stereocenters. The minimum absolute atomic E-state index is 0.0277. The van der Waals surface area contributed by atoms with Crippen molar-refractivity contribution in [2.24, 2.45) is 0 Å². The Kier molecular flexibility index (Phi) is 5.86. The van der Waals surface area contributed by atoms with E-state index in [2.05, 4.69) is 9.88 Å². The SMILES string of the molecule is CC(C)=COc1cc(C)ccc1OC1C[C@H]2CC[C@@H](C1)N2c1ccc(C(F)(F)F)cn1. The van der Waals surface area contributed by atoms with Crippen LogP contribution in [-0.4, -0.2) is 23.2 Å². The molecule has 3 heterocycles. The lowest BCUT2D eigenvalue weighted by atomic mass is 9.99. The second-order valence-corrected chi connectivity index (χ2v) is 8.67. The highest BCUT2D eigenvalue weighted by molar-refractivity contribution is 5.46. The van der Waals surface area contributed by atoms with Gasteiger partial charge in [-0.05, 0) is 69.0 Å². The molecule has 3 atom stereocenters. The highest BCUT2D eigenvalue weighted by Gasteiger charge is 2.42. The molecule has 0 spiro atoms. The predicted molar refractivity (Wildman–Crippen MR) is 113 cm³/mol.